The first kappa shape index (κ1) is 27.9. The predicted octanol–water partition coefficient (Wildman–Crippen LogP) is 4.91. The molecule has 1 aromatic rings. The van der Waals surface area contributed by atoms with Crippen molar-refractivity contribution in [3.05, 3.63) is 34.9 Å². The number of likely N-dealkylation sites (tertiary alicyclic amines) is 1. The Bertz CT molecular complexity index is 712. The van der Waals surface area contributed by atoms with Crippen molar-refractivity contribution < 1.29 is 9.53 Å². The van der Waals surface area contributed by atoms with Crippen molar-refractivity contribution in [1.82, 2.24) is 20.4 Å². The maximum atomic E-state index is 12.3. The molecule has 0 bridgehead atoms. The van der Waals surface area contributed by atoms with Crippen LogP contribution in [0.4, 0.5) is 4.79 Å². The lowest BCUT2D eigenvalue weighted by atomic mass is 10.1. The van der Waals surface area contributed by atoms with Crippen LogP contribution in [0.1, 0.15) is 66.9 Å². The molecule has 33 heavy (non-hydrogen) atoms. The van der Waals surface area contributed by atoms with Crippen LogP contribution in [0.5, 0.6) is 0 Å². The summed E-state index contributed by atoms with van der Waals surface area (Å²) in [7, 11) is 0. The Morgan fingerprint density at radius 3 is 2.39 bits per heavy atom. The lowest BCUT2D eigenvalue weighted by Gasteiger charge is -2.33. The van der Waals surface area contributed by atoms with Gasteiger partial charge >= 0.3 is 6.09 Å². The van der Waals surface area contributed by atoms with Gasteiger partial charge in [0.25, 0.3) is 0 Å². The molecule has 1 amide bonds. The lowest BCUT2D eigenvalue weighted by molar-refractivity contribution is 0.0273. The summed E-state index contributed by atoms with van der Waals surface area (Å²) in [6.07, 6.45) is 2.06. The van der Waals surface area contributed by atoms with Crippen molar-refractivity contribution in [3.8, 4) is 0 Å². The summed E-state index contributed by atoms with van der Waals surface area (Å²) in [6.45, 7) is 19.2. The second-order valence-corrected chi connectivity index (χ2v) is 11.2. The van der Waals surface area contributed by atoms with E-state index in [0.717, 1.165) is 43.7 Å². The van der Waals surface area contributed by atoms with Crippen LogP contribution in [0.15, 0.2) is 24.3 Å². The van der Waals surface area contributed by atoms with E-state index in [9.17, 15) is 4.79 Å². The topological polar surface area (TPSA) is 56.8 Å². The molecule has 0 aliphatic carbocycles. The van der Waals surface area contributed by atoms with Crippen LogP contribution in [-0.4, -0.2) is 71.8 Å². The number of hydrogen-bond donors (Lipinski definition) is 2. The van der Waals surface area contributed by atoms with Gasteiger partial charge < -0.3 is 20.3 Å². The highest BCUT2D eigenvalue weighted by Gasteiger charge is 2.33. The number of nitrogens with one attached hydrogen (secondary N) is 2. The van der Waals surface area contributed by atoms with Gasteiger partial charge in [0, 0.05) is 55.4 Å². The first-order chi connectivity index (χ1) is 15.4. The Labute approximate surface area is 206 Å². The molecule has 7 heteroatoms. The van der Waals surface area contributed by atoms with Gasteiger partial charge in [-0.3, -0.25) is 4.90 Å². The number of benzene rings is 1. The summed E-state index contributed by atoms with van der Waals surface area (Å²) in [5, 5.41) is 7.55. The fourth-order valence-corrected chi connectivity index (χ4v) is 4.43. The molecule has 2 aliphatic heterocycles. The molecule has 2 unspecified atom stereocenters. The maximum Gasteiger partial charge on any atom is 0.410 e. The fourth-order valence-electron chi connectivity index (χ4n) is 4.31. The zero-order chi connectivity index (χ0) is 24.6. The van der Waals surface area contributed by atoms with Crippen LogP contribution >= 0.6 is 11.6 Å². The molecule has 2 atom stereocenters. The molecule has 2 N–H and O–H groups in total. The minimum Gasteiger partial charge on any atom is -0.444 e. The molecule has 0 aromatic heterocycles. The Balaban J connectivity index is 0.000000357. The van der Waals surface area contributed by atoms with Gasteiger partial charge in [0.15, 0.2) is 0 Å². The van der Waals surface area contributed by atoms with Gasteiger partial charge in [-0.25, -0.2) is 4.79 Å². The first-order valence-corrected chi connectivity index (χ1v) is 12.8. The van der Waals surface area contributed by atoms with Gasteiger partial charge in [0.1, 0.15) is 5.60 Å². The summed E-state index contributed by atoms with van der Waals surface area (Å²) >= 11 is 5.97. The van der Waals surface area contributed by atoms with Crippen LogP contribution in [0.25, 0.3) is 0 Å². The molecule has 188 valence electrons. The molecule has 2 fully saturated rings. The molecule has 1 aromatic carbocycles. The van der Waals surface area contributed by atoms with Gasteiger partial charge in [-0.2, -0.15) is 0 Å². The SMILES string of the molecule is CC(C)N(Cc1ccc(Cl)cc1)C1CCN(C(=O)OC(C)(C)C)C1.CC(C)NC1CCNC1. The Morgan fingerprint density at radius 2 is 1.88 bits per heavy atom. The van der Waals surface area contributed by atoms with E-state index in [1.807, 2.05) is 37.8 Å². The van der Waals surface area contributed by atoms with Crippen molar-refractivity contribution in [3.63, 3.8) is 0 Å². The normalized spacial score (nSPS) is 21.0. The second-order valence-electron chi connectivity index (χ2n) is 10.8. The number of ether oxygens (including phenoxy) is 1. The van der Waals surface area contributed by atoms with Crippen molar-refractivity contribution >= 4 is 17.7 Å². The van der Waals surface area contributed by atoms with Gasteiger partial charge in [-0.1, -0.05) is 37.6 Å². The highest BCUT2D eigenvalue weighted by atomic mass is 35.5. The first-order valence-electron chi connectivity index (χ1n) is 12.4. The van der Waals surface area contributed by atoms with E-state index < -0.39 is 5.60 Å². The number of carbonyl (C=O) groups excluding carboxylic acids is 1. The van der Waals surface area contributed by atoms with Crippen molar-refractivity contribution in [2.24, 2.45) is 0 Å². The summed E-state index contributed by atoms with van der Waals surface area (Å²) < 4.78 is 5.50. The molecule has 2 heterocycles. The monoisotopic (exact) mass is 480 g/mol. The third-order valence-electron chi connectivity index (χ3n) is 5.86. The number of hydrogen-bond acceptors (Lipinski definition) is 5. The maximum absolute atomic E-state index is 12.3. The van der Waals surface area contributed by atoms with E-state index in [-0.39, 0.29) is 6.09 Å². The lowest BCUT2D eigenvalue weighted by Crippen LogP contribution is -2.43. The van der Waals surface area contributed by atoms with E-state index in [0.29, 0.717) is 18.1 Å². The Kier molecular flexibility index (Phi) is 10.9. The van der Waals surface area contributed by atoms with Gasteiger partial charge in [0.05, 0.1) is 0 Å². The molecular formula is C26H45ClN4O2. The summed E-state index contributed by atoms with van der Waals surface area (Å²) in [6, 6.07) is 10.1. The standard InChI is InChI=1S/C19H29ClN2O2.C7H16N2/c1-14(2)22(12-15-6-8-16(20)9-7-15)17-10-11-21(13-17)18(23)24-19(3,4)5;1-6(2)9-7-3-4-8-5-7/h6-9,14,17H,10-13H2,1-5H3;6-9H,3-5H2,1-2H3. The summed E-state index contributed by atoms with van der Waals surface area (Å²) in [4.78, 5) is 16.5. The molecule has 0 spiro atoms. The Hall–Kier alpha value is -1.34. The van der Waals surface area contributed by atoms with Crippen LogP contribution in [0, 0.1) is 0 Å². The third-order valence-corrected chi connectivity index (χ3v) is 6.11. The highest BCUT2D eigenvalue weighted by molar-refractivity contribution is 6.30. The smallest absolute Gasteiger partial charge is 0.410 e. The number of halogens is 1. The number of rotatable bonds is 6. The van der Waals surface area contributed by atoms with Gasteiger partial charge in [0.2, 0.25) is 0 Å². The van der Waals surface area contributed by atoms with Crippen LogP contribution in [-0.2, 0) is 11.3 Å². The molecule has 6 nitrogen and oxygen atoms in total. The molecule has 0 radical (unpaired) electrons. The number of nitrogens with zero attached hydrogens (tertiary/aromatic N) is 2. The van der Waals surface area contributed by atoms with E-state index >= 15 is 0 Å². The molecule has 0 saturated carbocycles. The second kappa shape index (κ2) is 12.9. The highest BCUT2D eigenvalue weighted by Crippen LogP contribution is 2.23. The van der Waals surface area contributed by atoms with Crippen molar-refractivity contribution in [2.45, 2.75) is 97.6 Å². The van der Waals surface area contributed by atoms with E-state index in [1.165, 1.54) is 18.5 Å². The van der Waals surface area contributed by atoms with Gasteiger partial charge in [-0.05, 0) is 71.7 Å². The van der Waals surface area contributed by atoms with Crippen molar-refractivity contribution in [1.29, 1.82) is 0 Å². The minimum absolute atomic E-state index is 0.208. The Morgan fingerprint density at radius 1 is 1.21 bits per heavy atom. The minimum atomic E-state index is -0.448. The molecular weight excluding hydrogens is 436 g/mol. The summed E-state index contributed by atoms with van der Waals surface area (Å²) in [5.74, 6) is 0. The molecule has 2 saturated heterocycles. The summed E-state index contributed by atoms with van der Waals surface area (Å²) in [5.41, 5.74) is 0.791. The quantitative estimate of drug-likeness (QED) is 0.606. The molecule has 3 rings (SSSR count). The van der Waals surface area contributed by atoms with Crippen LogP contribution in [0.2, 0.25) is 5.02 Å². The van der Waals surface area contributed by atoms with Crippen LogP contribution < -0.4 is 10.6 Å². The third kappa shape index (κ3) is 10.2. The largest absolute Gasteiger partial charge is 0.444 e. The molecule has 2 aliphatic rings. The zero-order valence-electron chi connectivity index (χ0n) is 21.7. The predicted molar refractivity (Wildman–Crippen MR) is 138 cm³/mol. The van der Waals surface area contributed by atoms with Gasteiger partial charge in [-0.15, -0.1) is 0 Å². The average Bonchev–Trinajstić information content (AvgIpc) is 3.38. The van der Waals surface area contributed by atoms with E-state index in [1.54, 1.807) is 0 Å². The number of carbonyl (C=O) groups is 1. The number of amides is 1. The van der Waals surface area contributed by atoms with E-state index in [2.05, 4.69) is 55.4 Å². The van der Waals surface area contributed by atoms with Crippen molar-refractivity contribution in [2.75, 3.05) is 26.2 Å². The average molecular weight is 481 g/mol. The van der Waals surface area contributed by atoms with Crippen LogP contribution in [0.3, 0.4) is 0 Å². The zero-order valence-corrected chi connectivity index (χ0v) is 22.4. The fraction of sp³-hybridized carbons (Fsp3) is 0.731. The van der Waals surface area contributed by atoms with E-state index in [4.69, 9.17) is 16.3 Å².